The average molecular weight is 304 g/mol. The number of allylic oxidation sites excluding steroid dienone is 2. The quantitative estimate of drug-likeness (QED) is 0.740. The third kappa shape index (κ3) is 2.23. The van der Waals surface area contributed by atoms with Gasteiger partial charge >= 0.3 is 0 Å². The van der Waals surface area contributed by atoms with Gasteiger partial charge in [-0.2, -0.15) is 0 Å². The maximum Gasteiger partial charge on any atom is 0.273 e. The predicted molar refractivity (Wildman–Crippen MR) is 90.8 cm³/mol. The standard InChI is InChI=1S/C19H16N2O2/c22-18-15-9-4-5-10-16(15)19(23)21(20-18)17-12-6-11-14(17)13-7-2-1-3-8-13/h1-11,14,17H,12H2,(H,20,22)/t14-,17+/m0/s1. The van der Waals surface area contributed by atoms with Crippen LogP contribution in [0.5, 0.6) is 0 Å². The summed E-state index contributed by atoms with van der Waals surface area (Å²) >= 11 is 0. The fourth-order valence-electron chi connectivity index (χ4n) is 3.37. The predicted octanol–water partition coefficient (Wildman–Crippen LogP) is 2.97. The number of hydrogen-bond acceptors (Lipinski definition) is 2. The summed E-state index contributed by atoms with van der Waals surface area (Å²) in [6.45, 7) is 0. The molecule has 1 heterocycles. The topological polar surface area (TPSA) is 54.9 Å². The lowest BCUT2D eigenvalue weighted by Crippen LogP contribution is -2.34. The molecule has 0 saturated heterocycles. The third-order valence-electron chi connectivity index (χ3n) is 4.49. The van der Waals surface area contributed by atoms with E-state index in [-0.39, 0.29) is 23.1 Å². The average Bonchev–Trinajstić information content (AvgIpc) is 3.08. The van der Waals surface area contributed by atoms with Gasteiger partial charge in [0.25, 0.3) is 11.1 Å². The smallest absolute Gasteiger partial charge is 0.267 e. The van der Waals surface area contributed by atoms with Gasteiger partial charge in [0.05, 0.1) is 16.8 Å². The highest BCUT2D eigenvalue weighted by Gasteiger charge is 2.27. The molecule has 4 rings (SSSR count). The maximum atomic E-state index is 12.8. The lowest BCUT2D eigenvalue weighted by molar-refractivity contribution is 0.419. The van der Waals surface area contributed by atoms with E-state index in [0.717, 1.165) is 12.0 Å². The Hall–Kier alpha value is -2.88. The Kier molecular flexibility index (Phi) is 3.23. The second-order valence-electron chi connectivity index (χ2n) is 5.83. The zero-order valence-corrected chi connectivity index (χ0v) is 12.5. The van der Waals surface area contributed by atoms with Gasteiger partial charge in [0.2, 0.25) is 0 Å². The van der Waals surface area contributed by atoms with Crippen LogP contribution in [0.1, 0.15) is 23.9 Å². The first-order chi connectivity index (χ1) is 11.3. The normalized spacial score (nSPS) is 20.2. The number of nitrogens with zero attached hydrogens (tertiary/aromatic N) is 1. The largest absolute Gasteiger partial charge is 0.273 e. The first-order valence-corrected chi connectivity index (χ1v) is 7.71. The molecule has 3 aromatic rings. The van der Waals surface area contributed by atoms with Gasteiger partial charge in [0.1, 0.15) is 0 Å². The van der Waals surface area contributed by atoms with E-state index in [9.17, 15) is 9.59 Å². The Labute approximate surface area is 132 Å². The Bertz CT molecular complexity index is 999. The van der Waals surface area contributed by atoms with E-state index < -0.39 is 0 Å². The van der Waals surface area contributed by atoms with Crippen LogP contribution in [0.2, 0.25) is 0 Å². The number of H-pyrrole nitrogens is 1. The van der Waals surface area contributed by atoms with Gasteiger partial charge in [-0.3, -0.25) is 14.7 Å². The first kappa shape index (κ1) is 13.8. The van der Waals surface area contributed by atoms with Crippen LogP contribution in [0.25, 0.3) is 10.8 Å². The number of rotatable bonds is 2. The van der Waals surface area contributed by atoms with Gasteiger partial charge in [-0.05, 0) is 24.1 Å². The number of hydrogen-bond donors (Lipinski definition) is 1. The van der Waals surface area contributed by atoms with Crippen LogP contribution in [-0.4, -0.2) is 9.78 Å². The van der Waals surface area contributed by atoms with Gasteiger partial charge < -0.3 is 0 Å². The van der Waals surface area contributed by atoms with Crippen molar-refractivity contribution >= 4 is 10.8 Å². The second-order valence-corrected chi connectivity index (χ2v) is 5.83. The summed E-state index contributed by atoms with van der Waals surface area (Å²) in [4.78, 5) is 25.1. The molecule has 0 spiro atoms. The molecular weight excluding hydrogens is 288 g/mol. The van der Waals surface area contributed by atoms with Crippen LogP contribution in [0.15, 0.2) is 76.3 Å². The maximum absolute atomic E-state index is 12.8. The van der Waals surface area contributed by atoms with Gasteiger partial charge in [0, 0.05) is 5.92 Å². The molecule has 0 unspecified atom stereocenters. The van der Waals surface area contributed by atoms with E-state index >= 15 is 0 Å². The van der Waals surface area contributed by atoms with Crippen LogP contribution in [0, 0.1) is 0 Å². The molecule has 0 bridgehead atoms. The van der Waals surface area contributed by atoms with E-state index in [4.69, 9.17) is 0 Å². The Balaban J connectivity index is 1.88. The molecule has 0 amide bonds. The molecule has 0 radical (unpaired) electrons. The summed E-state index contributed by atoms with van der Waals surface area (Å²) in [6.07, 6.45) is 4.91. The molecule has 1 N–H and O–H groups in total. The number of aromatic amines is 1. The first-order valence-electron chi connectivity index (χ1n) is 7.71. The molecule has 0 fully saturated rings. The molecule has 0 aliphatic heterocycles. The number of nitrogens with one attached hydrogen (secondary N) is 1. The number of aromatic nitrogens is 2. The van der Waals surface area contributed by atoms with Crippen molar-refractivity contribution in [3.8, 4) is 0 Å². The molecule has 23 heavy (non-hydrogen) atoms. The summed E-state index contributed by atoms with van der Waals surface area (Å²) in [6, 6.07) is 16.9. The van der Waals surface area contributed by atoms with Crippen LogP contribution < -0.4 is 11.1 Å². The summed E-state index contributed by atoms with van der Waals surface area (Å²) in [5.41, 5.74) is 0.779. The molecule has 2 aromatic carbocycles. The van der Waals surface area contributed by atoms with Gasteiger partial charge in [-0.25, -0.2) is 4.68 Å². The molecule has 2 atom stereocenters. The van der Waals surface area contributed by atoms with E-state index in [2.05, 4.69) is 29.4 Å². The Morgan fingerprint density at radius 1 is 0.913 bits per heavy atom. The van der Waals surface area contributed by atoms with E-state index in [0.29, 0.717) is 10.8 Å². The SMILES string of the molecule is O=c1[nH]n([C@@H]2CC=C[C@H]2c2ccccc2)c(=O)c2ccccc12. The van der Waals surface area contributed by atoms with Crippen molar-refractivity contribution in [3.05, 3.63) is 93.0 Å². The molecule has 114 valence electrons. The monoisotopic (exact) mass is 304 g/mol. The highest BCUT2D eigenvalue weighted by molar-refractivity contribution is 5.80. The fraction of sp³-hybridized carbons (Fsp3) is 0.158. The summed E-state index contributed by atoms with van der Waals surface area (Å²) in [7, 11) is 0. The molecule has 1 aliphatic rings. The minimum Gasteiger partial charge on any atom is -0.267 e. The third-order valence-corrected chi connectivity index (χ3v) is 4.49. The van der Waals surface area contributed by atoms with Crippen molar-refractivity contribution in [1.82, 2.24) is 9.78 Å². The van der Waals surface area contributed by atoms with Crippen molar-refractivity contribution in [3.63, 3.8) is 0 Å². The molecule has 4 heteroatoms. The van der Waals surface area contributed by atoms with Crippen molar-refractivity contribution in [2.24, 2.45) is 0 Å². The van der Waals surface area contributed by atoms with Crippen LogP contribution in [-0.2, 0) is 0 Å². The van der Waals surface area contributed by atoms with E-state index in [1.54, 1.807) is 24.3 Å². The zero-order valence-electron chi connectivity index (χ0n) is 12.5. The van der Waals surface area contributed by atoms with E-state index in [1.165, 1.54) is 4.68 Å². The molecular formula is C19H16N2O2. The van der Waals surface area contributed by atoms with E-state index in [1.807, 2.05) is 18.2 Å². The summed E-state index contributed by atoms with van der Waals surface area (Å²) in [5.74, 6) is 0.0886. The molecule has 1 aliphatic carbocycles. The van der Waals surface area contributed by atoms with Crippen LogP contribution in [0.3, 0.4) is 0 Å². The summed E-state index contributed by atoms with van der Waals surface area (Å²) in [5, 5.41) is 3.68. The summed E-state index contributed by atoms with van der Waals surface area (Å²) < 4.78 is 1.50. The molecule has 4 nitrogen and oxygen atoms in total. The van der Waals surface area contributed by atoms with Crippen LogP contribution >= 0.6 is 0 Å². The van der Waals surface area contributed by atoms with Crippen molar-refractivity contribution in [2.75, 3.05) is 0 Å². The number of fused-ring (bicyclic) bond motifs is 1. The highest BCUT2D eigenvalue weighted by Crippen LogP contribution is 2.36. The lowest BCUT2D eigenvalue weighted by atomic mass is 9.94. The minimum absolute atomic E-state index is 0.0886. The zero-order chi connectivity index (χ0) is 15.8. The highest BCUT2D eigenvalue weighted by atomic mass is 16.2. The van der Waals surface area contributed by atoms with Gasteiger partial charge in [-0.15, -0.1) is 0 Å². The van der Waals surface area contributed by atoms with Gasteiger partial charge in [0.15, 0.2) is 0 Å². The fourth-order valence-corrected chi connectivity index (χ4v) is 3.37. The van der Waals surface area contributed by atoms with Crippen molar-refractivity contribution in [2.45, 2.75) is 18.4 Å². The second kappa shape index (κ2) is 5.39. The Morgan fingerprint density at radius 3 is 2.39 bits per heavy atom. The molecule has 1 aromatic heterocycles. The van der Waals surface area contributed by atoms with Crippen LogP contribution in [0.4, 0.5) is 0 Å². The Morgan fingerprint density at radius 2 is 1.61 bits per heavy atom. The van der Waals surface area contributed by atoms with Crippen molar-refractivity contribution in [1.29, 1.82) is 0 Å². The van der Waals surface area contributed by atoms with Crippen molar-refractivity contribution < 1.29 is 0 Å². The molecule has 0 saturated carbocycles. The lowest BCUT2D eigenvalue weighted by Gasteiger charge is -2.22. The minimum atomic E-state index is -0.223. The number of benzene rings is 2. The van der Waals surface area contributed by atoms with Gasteiger partial charge in [-0.1, -0.05) is 54.6 Å².